The Kier molecular flexibility index (Phi) is 5.11. The third-order valence-corrected chi connectivity index (χ3v) is 2.29. The van der Waals surface area contributed by atoms with Crippen molar-refractivity contribution in [3.05, 3.63) is 18.2 Å². The number of methoxy groups -OCH3 is 1. The molecule has 1 radical (unpaired) electrons. The third kappa shape index (κ3) is 5.56. The highest BCUT2D eigenvalue weighted by Gasteiger charge is 2.28. The highest BCUT2D eigenvalue weighted by molar-refractivity contribution is 6.67. The summed E-state index contributed by atoms with van der Waals surface area (Å²) in [7, 11) is 8.31. The first-order valence-electron chi connectivity index (χ1n) is 5.84. The molecule has 0 aliphatic rings. The van der Waals surface area contributed by atoms with Gasteiger partial charge in [0.05, 0.1) is 13.4 Å². The number of aromatic nitrogens is 2. The number of rotatable bonds is 6. The minimum absolute atomic E-state index is 0.309. The summed E-state index contributed by atoms with van der Waals surface area (Å²) in [5.41, 5.74) is 0.751. The van der Waals surface area contributed by atoms with Gasteiger partial charge >= 0.3 is 13.4 Å². The van der Waals surface area contributed by atoms with E-state index in [2.05, 4.69) is 20.0 Å². The van der Waals surface area contributed by atoms with Crippen molar-refractivity contribution in [3.63, 3.8) is 0 Å². The lowest BCUT2D eigenvalue weighted by Gasteiger charge is -2.23. The van der Waals surface area contributed by atoms with E-state index >= 15 is 0 Å². The van der Waals surface area contributed by atoms with Gasteiger partial charge in [-0.05, 0) is 0 Å². The normalized spacial score (nSPS) is 12.6. The summed E-state index contributed by atoms with van der Waals surface area (Å²) < 4.78 is 5.05. The largest absolute Gasteiger partial charge is 0.551 e. The number of carbonyl (C=O) groups is 2. The van der Waals surface area contributed by atoms with E-state index in [1.54, 1.807) is 6.20 Å². The van der Waals surface area contributed by atoms with Gasteiger partial charge in [-0.2, -0.15) is 0 Å². The summed E-state index contributed by atoms with van der Waals surface area (Å²) in [6.07, 6.45) is 3.43. The smallest absolute Gasteiger partial charge is 0.467 e. The fourth-order valence-electron chi connectivity index (χ4n) is 1.51. The fraction of sp³-hybridized carbons (Fsp3) is 0.545. The van der Waals surface area contributed by atoms with Crippen molar-refractivity contribution in [1.82, 2.24) is 15.3 Å². The number of carbonyl (C=O) groups excluding carboxylic acids is 2. The maximum atomic E-state index is 11.8. The van der Waals surface area contributed by atoms with Crippen molar-refractivity contribution in [3.8, 4) is 0 Å². The molecule has 1 aromatic heterocycles. The molecule has 2 N–H and O–H groups in total. The van der Waals surface area contributed by atoms with E-state index in [1.807, 2.05) is 21.1 Å². The van der Waals surface area contributed by atoms with Crippen molar-refractivity contribution in [1.29, 1.82) is 0 Å². The molecule has 0 saturated heterocycles. The number of nitrogens with one attached hydrogen (secondary N) is 2. The Labute approximate surface area is 113 Å². The number of H-pyrrole nitrogens is 1. The second-order valence-electron chi connectivity index (χ2n) is 5.11. The van der Waals surface area contributed by atoms with Crippen molar-refractivity contribution in [2.45, 2.75) is 12.5 Å². The Morgan fingerprint density at radius 3 is 2.68 bits per heavy atom. The second kappa shape index (κ2) is 6.37. The van der Waals surface area contributed by atoms with Crippen LogP contribution in [-0.2, 0) is 16.0 Å². The average molecular weight is 266 g/mol. The number of hydrogen-bond donors (Lipinski definition) is 2. The molecule has 0 aromatic carbocycles. The molecule has 103 valence electrons. The lowest BCUT2D eigenvalue weighted by atomic mass is 9.87. The maximum Gasteiger partial charge on any atom is 0.551 e. The van der Waals surface area contributed by atoms with Gasteiger partial charge in [0.25, 0.3) is 5.81 Å². The van der Waals surface area contributed by atoms with Gasteiger partial charge in [0.15, 0.2) is 0 Å². The number of ether oxygens (including phenoxy) is 1. The highest BCUT2D eigenvalue weighted by Crippen LogP contribution is 2.01. The topological polar surface area (TPSA) is 84.1 Å². The predicted octanol–water partition coefficient (Wildman–Crippen LogP) is -0.471. The molecule has 1 rings (SSSR count). The molecule has 0 aliphatic heterocycles. The number of nitrogens with zero attached hydrogens (tertiary/aromatic N) is 2. The first-order chi connectivity index (χ1) is 8.81. The van der Waals surface area contributed by atoms with Crippen LogP contribution in [-0.4, -0.2) is 67.8 Å². The minimum atomic E-state index is -0.735. The van der Waals surface area contributed by atoms with Crippen LogP contribution in [0.25, 0.3) is 0 Å². The summed E-state index contributed by atoms with van der Waals surface area (Å²) in [6.45, 7) is 0. The highest BCUT2D eigenvalue weighted by atomic mass is 16.5. The van der Waals surface area contributed by atoms with E-state index in [0.29, 0.717) is 10.8 Å². The molecule has 0 saturated carbocycles. The molecule has 1 atom stereocenters. The van der Waals surface area contributed by atoms with Gasteiger partial charge in [-0.1, -0.05) is 0 Å². The second-order valence-corrected chi connectivity index (χ2v) is 5.11. The van der Waals surface area contributed by atoms with Crippen LogP contribution in [0, 0.1) is 0 Å². The molecule has 0 unspecified atom stereocenters. The van der Waals surface area contributed by atoms with E-state index in [1.165, 1.54) is 20.9 Å². The van der Waals surface area contributed by atoms with E-state index < -0.39 is 12.0 Å². The van der Waals surface area contributed by atoms with E-state index in [-0.39, 0.29) is 5.81 Å². The number of aromatic amines is 1. The Hall–Kier alpha value is -1.83. The van der Waals surface area contributed by atoms with E-state index in [4.69, 9.17) is 0 Å². The molecule has 7 nitrogen and oxygen atoms in total. The van der Waals surface area contributed by atoms with Gasteiger partial charge < -0.3 is 19.4 Å². The molecule has 19 heavy (non-hydrogen) atoms. The first kappa shape index (κ1) is 15.2. The molecule has 0 bridgehead atoms. The zero-order valence-corrected chi connectivity index (χ0v) is 11.6. The number of amides is 1. The summed E-state index contributed by atoms with van der Waals surface area (Å²) in [6, 6.07) is -0.735. The summed E-state index contributed by atoms with van der Waals surface area (Å²) in [4.78, 5) is 30.2. The van der Waals surface area contributed by atoms with Gasteiger partial charge in [-0.3, -0.25) is 4.79 Å². The first-order valence-corrected chi connectivity index (χ1v) is 5.84. The maximum absolute atomic E-state index is 11.8. The molecular weight excluding hydrogens is 247 g/mol. The van der Waals surface area contributed by atoms with Crippen molar-refractivity contribution in [2.24, 2.45) is 0 Å². The van der Waals surface area contributed by atoms with Gasteiger partial charge in [-0.15, -0.1) is 0 Å². The Morgan fingerprint density at radius 2 is 2.21 bits per heavy atom. The zero-order chi connectivity index (χ0) is 14.5. The van der Waals surface area contributed by atoms with Crippen LogP contribution < -0.4 is 5.32 Å². The Bertz CT molecular complexity index is 428. The summed E-state index contributed by atoms with van der Waals surface area (Å²) >= 11 is 0. The SMILES string of the molecule is COC(=O)[C@H](Cc1cnc[nH]1)NC(=O)[B][N+](C)(C)C. The molecule has 8 heteroatoms. The Balaban J connectivity index is 2.65. The van der Waals surface area contributed by atoms with Crippen LogP contribution in [0.4, 0.5) is 4.79 Å². The molecule has 1 heterocycles. The van der Waals surface area contributed by atoms with Crippen LogP contribution in [0.1, 0.15) is 5.69 Å². The lowest BCUT2D eigenvalue weighted by molar-refractivity contribution is -0.753. The molecular formula is C11H19BN4O3+. The van der Waals surface area contributed by atoms with Gasteiger partial charge in [-0.25, -0.2) is 9.78 Å². The Morgan fingerprint density at radius 1 is 1.53 bits per heavy atom. The van der Waals surface area contributed by atoms with Crippen LogP contribution in [0.5, 0.6) is 0 Å². The van der Waals surface area contributed by atoms with Crippen LogP contribution in [0.3, 0.4) is 0 Å². The molecule has 0 aliphatic carbocycles. The number of hydrogen-bond acceptors (Lipinski definition) is 4. The molecule has 1 aromatic rings. The zero-order valence-electron chi connectivity index (χ0n) is 11.6. The number of esters is 1. The number of quaternary nitrogens is 1. The minimum Gasteiger partial charge on any atom is -0.467 e. The van der Waals surface area contributed by atoms with Gasteiger partial charge in [0.2, 0.25) is 0 Å². The monoisotopic (exact) mass is 266 g/mol. The predicted molar refractivity (Wildman–Crippen MR) is 70.4 cm³/mol. The molecule has 0 fully saturated rings. The van der Waals surface area contributed by atoms with Crippen molar-refractivity contribution >= 4 is 19.2 Å². The quantitative estimate of drug-likeness (QED) is 0.538. The van der Waals surface area contributed by atoms with Crippen molar-refractivity contribution in [2.75, 3.05) is 28.3 Å². The van der Waals surface area contributed by atoms with Crippen LogP contribution in [0.15, 0.2) is 12.5 Å². The molecule has 1 amide bonds. The standard InChI is InChI=1S/C11H19BN4O3/c1-16(2,3)12-11(18)15-9(10(17)19-4)5-8-6-13-7-14-8/h6-7,9H,5H2,1-4H3,(H,13,14)(H,15,18)/q+1/t9-/m0/s1. The van der Waals surface area contributed by atoms with E-state index in [0.717, 1.165) is 5.69 Å². The van der Waals surface area contributed by atoms with E-state index in [9.17, 15) is 9.59 Å². The summed E-state index contributed by atoms with van der Waals surface area (Å²) in [5, 5.41) is 2.63. The number of imidazole rings is 1. The van der Waals surface area contributed by atoms with Crippen LogP contribution >= 0.6 is 0 Å². The fourth-order valence-corrected chi connectivity index (χ4v) is 1.51. The van der Waals surface area contributed by atoms with Crippen molar-refractivity contribution < 1.29 is 18.7 Å². The van der Waals surface area contributed by atoms with Gasteiger partial charge in [0, 0.05) is 39.5 Å². The van der Waals surface area contributed by atoms with Gasteiger partial charge in [0.1, 0.15) is 6.04 Å². The van der Waals surface area contributed by atoms with Crippen LogP contribution in [0.2, 0.25) is 0 Å². The average Bonchev–Trinajstić information content (AvgIpc) is 2.77. The third-order valence-electron chi connectivity index (χ3n) is 2.29. The molecule has 0 spiro atoms. The summed E-state index contributed by atoms with van der Waals surface area (Å²) in [5.74, 6) is -0.805. The lowest BCUT2D eigenvalue weighted by Crippen LogP contribution is -2.51.